The molecule has 0 unspecified atom stereocenters. The highest BCUT2D eigenvalue weighted by Crippen LogP contribution is 2.22. The number of likely N-dealkylation sites (tertiary alicyclic amines) is 1. The molecule has 21 heavy (non-hydrogen) atoms. The molecule has 112 valence electrons. The Morgan fingerprint density at radius 3 is 2.76 bits per heavy atom. The SMILES string of the molecule is O=C(O)[C@H]1CCCN(C(=O)c2ccc(F)c([N+](=O)[O-])c2)C1. The van der Waals surface area contributed by atoms with Crippen molar-refractivity contribution in [3.8, 4) is 0 Å². The van der Waals surface area contributed by atoms with Crippen LogP contribution < -0.4 is 0 Å². The van der Waals surface area contributed by atoms with Crippen molar-refractivity contribution in [2.24, 2.45) is 5.92 Å². The van der Waals surface area contributed by atoms with Crippen molar-refractivity contribution in [3.05, 3.63) is 39.7 Å². The molecule has 1 aromatic rings. The molecule has 0 spiro atoms. The first-order valence-corrected chi connectivity index (χ1v) is 6.36. The second kappa shape index (κ2) is 5.86. The van der Waals surface area contributed by atoms with Crippen molar-refractivity contribution >= 4 is 17.6 Å². The van der Waals surface area contributed by atoms with Crippen LogP contribution in [0.4, 0.5) is 10.1 Å². The fourth-order valence-corrected chi connectivity index (χ4v) is 2.33. The van der Waals surface area contributed by atoms with Crippen molar-refractivity contribution in [1.82, 2.24) is 4.90 Å². The number of piperidine rings is 1. The number of nitro benzene ring substituents is 1. The summed E-state index contributed by atoms with van der Waals surface area (Å²) in [6, 6.07) is 2.90. The molecule has 1 aromatic carbocycles. The van der Waals surface area contributed by atoms with Crippen molar-refractivity contribution in [2.45, 2.75) is 12.8 Å². The lowest BCUT2D eigenvalue weighted by Gasteiger charge is -2.30. The minimum atomic E-state index is -1.02. The lowest BCUT2D eigenvalue weighted by Crippen LogP contribution is -2.42. The zero-order valence-corrected chi connectivity index (χ0v) is 11.0. The summed E-state index contributed by atoms with van der Waals surface area (Å²) in [5.74, 6) is -3.15. The molecular formula is C13H13FN2O5. The molecular weight excluding hydrogens is 283 g/mol. The lowest BCUT2D eigenvalue weighted by atomic mass is 9.97. The van der Waals surface area contributed by atoms with Gasteiger partial charge >= 0.3 is 11.7 Å². The van der Waals surface area contributed by atoms with Gasteiger partial charge in [0, 0.05) is 24.7 Å². The van der Waals surface area contributed by atoms with Gasteiger partial charge in [-0.05, 0) is 25.0 Å². The van der Waals surface area contributed by atoms with Crippen LogP contribution in [0.1, 0.15) is 23.2 Å². The van der Waals surface area contributed by atoms with Gasteiger partial charge in [0.15, 0.2) is 0 Å². The van der Waals surface area contributed by atoms with Crippen molar-refractivity contribution in [1.29, 1.82) is 0 Å². The number of carbonyl (C=O) groups excluding carboxylic acids is 1. The second-order valence-corrected chi connectivity index (χ2v) is 4.85. The zero-order valence-electron chi connectivity index (χ0n) is 11.0. The van der Waals surface area contributed by atoms with Crippen LogP contribution in [0.25, 0.3) is 0 Å². The summed E-state index contributed by atoms with van der Waals surface area (Å²) in [5, 5.41) is 19.7. The topological polar surface area (TPSA) is 101 Å². The number of amides is 1. The smallest absolute Gasteiger partial charge is 0.308 e. The van der Waals surface area contributed by atoms with Crippen molar-refractivity contribution < 1.29 is 24.0 Å². The van der Waals surface area contributed by atoms with Crippen molar-refractivity contribution in [3.63, 3.8) is 0 Å². The van der Waals surface area contributed by atoms with Crippen LogP contribution in [0, 0.1) is 21.8 Å². The summed E-state index contributed by atoms with van der Waals surface area (Å²) in [5.41, 5.74) is -0.790. The van der Waals surface area contributed by atoms with Gasteiger partial charge in [-0.2, -0.15) is 4.39 Å². The molecule has 0 aromatic heterocycles. The summed E-state index contributed by atoms with van der Waals surface area (Å²) in [6.07, 6.45) is 1.04. The average molecular weight is 296 g/mol. The van der Waals surface area contributed by atoms with Gasteiger partial charge in [-0.15, -0.1) is 0 Å². The van der Waals surface area contributed by atoms with Crippen LogP contribution in [0.5, 0.6) is 0 Å². The third kappa shape index (κ3) is 3.15. The van der Waals surface area contributed by atoms with Crippen LogP contribution in [-0.2, 0) is 4.79 Å². The Hall–Kier alpha value is -2.51. The van der Waals surface area contributed by atoms with Crippen LogP contribution >= 0.6 is 0 Å². The highest BCUT2D eigenvalue weighted by Gasteiger charge is 2.29. The van der Waals surface area contributed by atoms with Gasteiger partial charge in [0.1, 0.15) is 0 Å². The molecule has 0 radical (unpaired) electrons. The quantitative estimate of drug-likeness (QED) is 0.675. The number of benzene rings is 1. The van der Waals surface area contributed by atoms with Gasteiger partial charge in [-0.3, -0.25) is 19.7 Å². The summed E-state index contributed by atoms with van der Waals surface area (Å²) in [4.78, 5) is 34.3. The predicted molar refractivity (Wildman–Crippen MR) is 69.3 cm³/mol. The van der Waals surface area contributed by atoms with Crippen LogP contribution in [0.2, 0.25) is 0 Å². The highest BCUT2D eigenvalue weighted by atomic mass is 19.1. The van der Waals surface area contributed by atoms with Crippen molar-refractivity contribution in [2.75, 3.05) is 13.1 Å². The van der Waals surface area contributed by atoms with E-state index >= 15 is 0 Å². The van der Waals surface area contributed by atoms with E-state index in [1.165, 1.54) is 4.90 Å². The number of hydrogen-bond donors (Lipinski definition) is 1. The zero-order chi connectivity index (χ0) is 15.6. The molecule has 1 heterocycles. The normalized spacial score (nSPS) is 18.3. The maximum Gasteiger partial charge on any atom is 0.308 e. The number of hydrogen-bond acceptors (Lipinski definition) is 4. The Balaban J connectivity index is 2.22. The first-order valence-electron chi connectivity index (χ1n) is 6.36. The van der Waals surface area contributed by atoms with E-state index in [9.17, 15) is 24.1 Å². The lowest BCUT2D eigenvalue weighted by molar-refractivity contribution is -0.387. The van der Waals surface area contributed by atoms with Gasteiger partial charge in [0.25, 0.3) is 5.91 Å². The number of carboxylic acid groups (broad SMARTS) is 1. The van der Waals surface area contributed by atoms with Crippen LogP contribution in [-0.4, -0.2) is 39.9 Å². The number of aliphatic carboxylic acids is 1. The number of halogens is 1. The molecule has 1 N–H and O–H groups in total. The molecule has 1 amide bonds. The molecule has 1 aliphatic rings. The number of nitrogens with zero attached hydrogens (tertiary/aromatic N) is 2. The number of carboxylic acids is 1. The van der Waals surface area contributed by atoms with Crippen LogP contribution in [0.15, 0.2) is 18.2 Å². The van der Waals surface area contributed by atoms with Crippen LogP contribution in [0.3, 0.4) is 0 Å². The maximum atomic E-state index is 13.2. The standard InChI is InChI=1S/C13H13FN2O5/c14-10-4-3-8(6-11(10)16(20)21)12(17)15-5-1-2-9(7-15)13(18)19/h3-4,6,9H,1-2,5,7H2,(H,18,19)/t9-/m0/s1. The van der Waals surface area contributed by atoms with E-state index < -0.39 is 34.2 Å². The van der Waals surface area contributed by atoms with Gasteiger partial charge in [0.2, 0.25) is 5.82 Å². The van der Waals surface area contributed by atoms with E-state index in [1.807, 2.05) is 0 Å². The fraction of sp³-hybridized carbons (Fsp3) is 0.385. The molecule has 1 aliphatic heterocycles. The largest absolute Gasteiger partial charge is 0.481 e. The number of rotatable bonds is 3. The highest BCUT2D eigenvalue weighted by molar-refractivity contribution is 5.95. The summed E-state index contributed by atoms with van der Waals surface area (Å²) < 4.78 is 13.2. The van der Waals surface area contributed by atoms with Gasteiger partial charge in [-0.1, -0.05) is 0 Å². The number of nitro groups is 1. The Morgan fingerprint density at radius 2 is 2.14 bits per heavy atom. The Labute approximate surface area is 119 Å². The third-order valence-electron chi connectivity index (χ3n) is 3.45. The molecule has 1 atom stereocenters. The fourth-order valence-electron chi connectivity index (χ4n) is 2.33. The maximum absolute atomic E-state index is 13.2. The van der Waals surface area contributed by atoms with E-state index in [0.29, 0.717) is 19.4 Å². The molecule has 0 bridgehead atoms. The van der Waals surface area contributed by atoms with E-state index in [0.717, 1.165) is 18.2 Å². The predicted octanol–water partition coefficient (Wildman–Crippen LogP) is 1.67. The Morgan fingerprint density at radius 1 is 1.43 bits per heavy atom. The summed E-state index contributed by atoms with van der Waals surface area (Å²) >= 11 is 0. The second-order valence-electron chi connectivity index (χ2n) is 4.85. The first kappa shape index (κ1) is 14.9. The molecule has 8 heteroatoms. The van der Waals surface area contributed by atoms with E-state index in [4.69, 9.17) is 5.11 Å². The average Bonchev–Trinajstić information content (AvgIpc) is 2.46. The first-order chi connectivity index (χ1) is 9.90. The van der Waals surface area contributed by atoms with E-state index in [-0.39, 0.29) is 12.1 Å². The molecule has 0 saturated carbocycles. The molecule has 7 nitrogen and oxygen atoms in total. The van der Waals surface area contributed by atoms with Gasteiger partial charge in [-0.25, -0.2) is 0 Å². The summed E-state index contributed by atoms with van der Waals surface area (Å²) in [6.45, 7) is 0.438. The minimum Gasteiger partial charge on any atom is -0.481 e. The number of carbonyl (C=O) groups is 2. The minimum absolute atomic E-state index is 0.0193. The Bertz CT molecular complexity index is 604. The monoisotopic (exact) mass is 296 g/mol. The van der Waals surface area contributed by atoms with E-state index in [2.05, 4.69) is 0 Å². The molecule has 2 rings (SSSR count). The Kier molecular flexibility index (Phi) is 4.15. The molecule has 1 fully saturated rings. The van der Waals surface area contributed by atoms with Gasteiger partial charge < -0.3 is 10.0 Å². The molecule has 1 saturated heterocycles. The van der Waals surface area contributed by atoms with E-state index in [1.54, 1.807) is 0 Å². The third-order valence-corrected chi connectivity index (χ3v) is 3.45. The van der Waals surface area contributed by atoms with Gasteiger partial charge in [0.05, 0.1) is 10.8 Å². The summed E-state index contributed by atoms with van der Waals surface area (Å²) in [7, 11) is 0. The molecule has 0 aliphatic carbocycles.